The van der Waals surface area contributed by atoms with Crippen molar-refractivity contribution in [2.75, 3.05) is 57.0 Å². The summed E-state index contributed by atoms with van der Waals surface area (Å²) in [5.74, 6) is 0.180. The van der Waals surface area contributed by atoms with Gasteiger partial charge in [-0.1, -0.05) is 18.2 Å². The summed E-state index contributed by atoms with van der Waals surface area (Å²) in [4.78, 5) is 6.64. The molecule has 0 aliphatic carbocycles. The van der Waals surface area contributed by atoms with Gasteiger partial charge in [-0.05, 0) is 110 Å². The molecule has 0 heterocycles. The predicted molar refractivity (Wildman–Crippen MR) is 152 cm³/mol. The number of hydrogen-bond acceptors (Lipinski definition) is 3. The van der Waals surface area contributed by atoms with Gasteiger partial charge in [-0.3, -0.25) is 0 Å². The highest BCUT2D eigenvalue weighted by Gasteiger charge is 2.26. The first-order valence-corrected chi connectivity index (χ1v) is 12.2. The first kappa shape index (κ1) is 25.7. The second-order valence-electron chi connectivity index (χ2n) is 10.4. The zero-order chi connectivity index (χ0) is 25.5. The summed E-state index contributed by atoms with van der Waals surface area (Å²) in [5, 5.41) is 0. The van der Waals surface area contributed by atoms with E-state index in [4.69, 9.17) is 0 Å². The van der Waals surface area contributed by atoms with Gasteiger partial charge in [0.05, 0.1) is 0 Å². The molecular weight excluding hydrogens is 414 g/mol. The highest BCUT2D eigenvalue weighted by Crippen LogP contribution is 2.42. The third kappa shape index (κ3) is 4.41. The molecule has 3 heteroatoms. The lowest BCUT2D eigenvalue weighted by Gasteiger charge is -2.30. The Bertz CT molecular complexity index is 1050. The Hall–Kier alpha value is -2.94. The highest BCUT2D eigenvalue weighted by atomic mass is 15.1. The lowest BCUT2D eigenvalue weighted by molar-refractivity contribution is 0.919. The lowest BCUT2D eigenvalue weighted by Crippen LogP contribution is -2.17. The Balaban J connectivity index is 2.37. The standard InChI is InChI=1S/C31H43N3/c1-19-22(4)28(32(7)8)16-13-25(19)31(26-14-17-29(33(9)10)23(5)20(26)2)27-15-18-30(34(11)12)24(6)21(27)3/h13-18,31H,1-12H3. The van der Waals surface area contributed by atoms with Crippen molar-refractivity contribution in [3.05, 3.63) is 86.5 Å². The second-order valence-corrected chi connectivity index (χ2v) is 10.4. The molecule has 3 rings (SSSR count). The van der Waals surface area contributed by atoms with Crippen LogP contribution < -0.4 is 14.7 Å². The molecule has 0 saturated carbocycles. The third-order valence-corrected chi connectivity index (χ3v) is 7.78. The summed E-state index contributed by atoms with van der Waals surface area (Å²) in [6.45, 7) is 13.6. The average Bonchev–Trinajstić information content (AvgIpc) is 2.76. The van der Waals surface area contributed by atoms with Gasteiger partial charge in [-0.25, -0.2) is 0 Å². The molecule has 0 aromatic heterocycles. The number of nitrogens with zero attached hydrogens (tertiary/aromatic N) is 3. The molecule has 0 fully saturated rings. The van der Waals surface area contributed by atoms with Crippen LogP contribution in [-0.2, 0) is 0 Å². The van der Waals surface area contributed by atoms with E-state index in [0.717, 1.165) is 0 Å². The van der Waals surface area contributed by atoms with Gasteiger partial charge in [-0.2, -0.15) is 0 Å². The summed E-state index contributed by atoms with van der Waals surface area (Å²) in [7, 11) is 12.7. The Morgan fingerprint density at radius 1 is 0.382 bits per heavy atom. The molecule has 3 aromatic carbocycles. The van der Waals surface area contributed by atoms with Crippen LogP contribution in [0.15, 0.2) is 36.4 Å². The van der Waals surface area contributed by atoms with Crippen molar-refractivity contribution < 1.29 is 0 Å². The highest BCUT2D eigenvalue weighted by molar-refractivity contribution is 5.66. The Morgan fingerprint density at radius 2 is 0.618 bits per heavy atom. The van der Waals surface area contributed by atoms with Crippen LogP contribution in [0.25, 0.3) is 0 Å². The van der Waals surface area contributed by atoms with E-state index in [1.807, 2.05) is 0 Å². The molecule has 0 unspecified atom stereocenters. The average molecular weight is 458 g/mol. The van der Waals surface area contributed by atoms with Gasteiger partial charge < -0.3 is 14.7 Å². The van der Waals surface area contributed by atoms with Gasteiger partial charge >= 0.3 is 0 Å². The van der Waals surface area contributed by atoms with E-state index < -0.39 is 0 Å². The van der Waals surface area contributed by atoms with Crippen molar-refractivity contribution in [3.8, 4) is 0 Å². The maximum absolute atomic E-state index is 2.35. The molecule has 0 aliphatic heterocycles. The minimum absolute atomic E-state index is 0.180. The Morgan fingerprint density at radius 3 is 0.824 bits per heavy atom. The summed E-state index contributed by atoms with van der Waals surface area (Å²) >= 11 is 0. The van der Waals surface area contributed by atoms with Crippen LogP contribution in [0, 0.1) is 41.5 Å². The zero-order valence-electron chi connectivity index (χ0n) is 23.4. The fourth-order valence-corrected chi connectivity index (χ4v) is 5.38. The molecule has 0 saturated heterocycles. The van der Waals surface area contributed by atoms with Crippen LogP contribution in [0.1, 0.15) is 56.0 Å². The number of rotatable bonds is 6. The molecule has 3 nitrogen and oxygen atoms in total. The largest absolute Gasteiger partial charge is 0.377 e. The summed E-state index contributed by atoms with van der Waals surface area (Å²) in [5.41, 5.74) is 16.2. The fraction of sp³-hybridized carbons (Fsp3) is 0.419. The Labute approximate surface area is 208 Å². The normalized spacial score (nSPS) is 11.2. The molecule has 0 radical (unpaired) electrons. The van der Waals surface area contributed by atoms with Gasteiger partial charge in [0, 0.05) is 65.3 Å². The number of hydrogen-bond donors (Lipinski definition) is 0. The van der Waals surface area contributed by atoms with Gasteiger partial charge in [-0.15, -0.1) is 0 Å². The molecule has 182 valence electrons. The maximum Gasteiger partial charge on any atom is 0.0393 e. The van der Waals surface area contributed by atoms with Gasteiger partial charge in [0.25, 0.3) is 0 Å². The van der Waals surface area contributed by atoms with Crippen molar-refractivity contribution in [1.82, 2.24) is 0 Å². The minimum Gasteiger partial charge on any atom is -0.377 e. The third-order valence-electron chi connectivity index (χ3n) is 7.78. The number of anilines is 3. The predicted octanol–water partition coefficient (Wildman–Crippen LogP) is 6.92. The van der Waals surface area contributed by atoms with E-state index in [2.05, 4.69) is 135 Å². The minimum atomic E-state index is 0.180. The Kier molecular flexibility index (Phi) is 7.35. The maximum atomic E-state index is 2.35. The van der Waals surface area contributed by atoms with Crippen LogP contribution in [0.5, 0.6) is 0 Å². The van der Waals surface area contributed by atoms with Crippen molar-refractivity contribution in [2.45, 2.75) is 47.5 Å². The van der Waals surface area contributed by atoms with Crippen LogP contribution >= 0.6 is 0 Å². The van der Waals surface area contributed by atoms with Crippen molar-refractivity contribution in [1.29, 1.82) is 0 Å². The van der Waals surface area contributed by atoms with E-state index in [1.54, 1.807) is 0 Å². The van der Waals surface area contributed by atoms with Crippen molar-refractivity contribution >= 4 is 17.1 Å². The van der Waals surface area contributed by atoms with E-state index in [0.29, 0.717) is 0 Å². The van der Waals surface area contributed by atoms with Crippen LogP contribution in [-0.4, -0.2) is 42.3 Å². The molecule has 0 N–H and O–H groups in total. The van der Waals surface area contributed by atoms with Crippen LogP contribution in [0.2, 0.25) is 0 Å². The quantitative estimate of drug-likeness (QED) is 0.372. The summed E-state index contributed by atoms with van der Waals surface area (Å²) < 4.78 is 0. The topological polar surface area (TPSA) is 9.72 Å². The van der Waals surface area contributed by atoms with Gasteiger partial charge in [0.2, 0.25) is 0 Å². The molecule has 0 spiro atoms. The lowest BCUT2D eigenvalue weighted by atomic mass is 9.77. The molecule has 3 aromatic rings. The van der Waals surface area contributed by atoms with Gasteiger partial charge in [0.15, 0.2) is 0 Å². The van der Waals surface area contributed by atoms with E-state index in [1.165, 1.54) is 67.1 Å². The van der Waals surface area contributed by atoms with Crippen LogP contribution in [0.4, 0.5) is 17.1 Å². The zero-order valence-corrected chi connectivity index (χ0v) is 23.4. The van der Waals surface area contributed by atoms with E-state index >= 15 is 0 Å². The van der Waals surface area contributed by atoms with Crippen molar-refractivity contribution in [3.63, 3.8) is 0 Å². The summed E-state index contributed by atoms with van der Waals surface area (Å²) in [6.07, 6.45) is 0. The molecule has 0 amide bonds. The molecule has 0 atom stereocenters. The fourth-order valence-electron chi connectivity index (χ4n) is 5.38. The first-order valence-electron chi connectivity index (χ1n) is 12.2. The smallest absolute Gasteiger partial charge is 0.0393 e. The number of benzene rings is 3. The summed E-state index contributed by atoms with van der Waals surface area (Å²) in [6, 6.07) is 13.9. The van der Waals surface area contributed by atoms with Crippen LogP contribution in [0.3, 0.4) is 0 Å². The molecule has 34 heavy (non-hydrogen) atoms. The first-order chi connectivity index (χ1) is 15.9. The second kappa shape index (κ2) is 9.74. The van der Waals surface area contributed by atoms with E-state index in [9.17, 15) is 0 Å². The SMILES string of the molecule is Cc1c(C(c2ccc(N(C)C)c(C)c2C)c2ccc(N(C)C)c(C)c2C)ccc(N(C)C)c1C. The molecular formula is C31H43N3. The monoisotopic (exact) mass is 457 g/mol. The molecule has 0 aliphatic rings. The van der Waals surface area contributed by atoms with Gasteiger partial charge in [0.1, 0.15) is 0 Å². The van der Waals surface area contributed by atoms with E-state index in [-0.39, 0.29) is 5.92 Å². The molecule has 0 bridgehead atoms. The van der Waals surface area contributed by atoms with Crippen molar-refractivity contribution in [2.24, 2.45) is 0 Å².